The third-order valence-electron chi connectivity index (χ3n) is 6.74. The number of hydrogen-bond donors (Lipinski definition) is 0. The molecule has 4 nitrogen and oxygen atoms in total. The lowest BCUT2D eigenvalue weighted by Gasteiger charge is -2.33. The molecule has 0 N–H and O–H groups in total. The number of carbonyl (C=O) groups is 2. The van der Waals surface area contributed by atoms with E-state index in [4.69, 9.17) is 9.47 Å². The van der Waals surface area contributed by atoms with Crippen molar-refractivity contribution in [1.29, 1.82) is 0 Å². The lowest BCUT2D eigenvalue weighted by Crippen LogP contribution is -2.37. The Hall–Kier alpha value is 0.0800. The van der Waals surface area contributed by atoms with Gasteiger partial charge in [0.15, 0.2) is 0 Å². The summed E-state index contributed by atoms with van der Waals surface area (Å²) in [4.78, 5) is 27.0. The predicted molar refractivity (Wildman–Crippen MR) is 154 cm³/mol. The Morgan fingerprint density at radius 1 is 0.676 bits per heavy atom. The Balaban J connectivity index is 3.44. The van der Waals surface area contributed by atoms with E-state index in [0.717, 1.165) is 38.5 Å². The number of esters is 2. The molecule has 0 aliphatic carbocycles. The summed E-state index contributed by atoms with van der Waals surface area (Å²) in [6.07, 6.45) is 6.17. The van der Waals surface area contributed by atoms with Crippen LogP contribution in [0.3, 0.4) is 0 Å². The second kappa shape index (κ2) is 13.6. The van der Waals surface area contributed by atoms with Crippen molar-refractivity contribution >= 4 is 75.7 Å². The lowest BCUT2D eigenvalue weighted by atomic mass is 9.88. The number of halogens is 4. The van der Waals surface area contributed by atoms with Crippen molar-refractivity contribution in [3.63, 3.8) is 0 Å². The topological polar surface area (TPSA) is 52.6 Å². The number of carbonyl (C=O) groups excluding carboxylic acids is 2. The quantitative estimate of drug-likeness (QED) is 0.122. The minimum atomic E-state index is -0.702. The summed E-state index contributed by atoms with van der Waals surface area (Å²) in [5, 5.41) is 0. The van der Waals surface area contributed by atoms with Crippen LogP contribution in [0, 0.1) is 11.8 Å². The molecule has 0 saturated carbocycles. The predicted octanol–water partition coefficient (Wildman–Crippen LogP) is 10.3. The largest absolute Gasteiger partial charge is 0.456 e. The molecule has 0 aromatic heterocycles. The monoisotopic (exact) mass is 730 g/mol. The van der Waals surface area contributed by atoms with Crippen molar-refractivity contribution < 1.29 is 19.1 Å². The van der Waals surface area contributed by atoms with Crippen LogP contribution < -0.4 is 0 Å². The van der Waals surface area contributed by atoms with E-state index in [0.29, 0.717) is 17.9 Å². The zero-order chi connectivity index (χ0) is 26.4. The molecule has 0 saturated heterocycles. The molecule has 0 aliphatic rings. The van der Waals surface area contributed by atoms with E-state index in [2.05, 4.69) is 91.4 Å². The minimum Gasteiger partial charge on any atom is -0.456 e. The molecular weight excluding hydrogens is 696 g/mol. The first-order valence-electron chi connectivity index (χ1n) is 11.9. The first-order chi connectivity index (χ1) is 15.6. The Bertz CT molecular complexity index is 809. The van der Waals surface area contributed by atoms with Crippen molar-refractivity contribution in [3.05, 3.63) is 29.0 Å². The second-order valence-corrected chi connectivity index (χ2v) is 13.3. The molecule has 2 atom stereocenters. The average molecular weight is 734 g/mol. The van der Waals surface area contributed by atoms with Crippen LogP contribution in [0.1, 0.15) is 115 Å². The summed E-state index contributed by atoms with van der Waals surface area (Å²) in [5.74, 6) is -0.826. The summed E-state index contributed by atoms with van der Waals surface area (Å²) in [6, 6.07) is 0. The number of rotatable bonds is 12. The van der Waals surface area contributed by atoms with Crippen LogP contribution in [0.5, 0.6) is 0 Å². The molecule has 0 heterocycles. The van der Waals surface area contributed by atoms with Gasteiger partial charge in [0.05, 0.1) is 11.1 Å². The fourth-order valence-corrected chi connectivity index (χ4v) is 5.95. The fourth-order valence-electron chi connectivity index (χ4n) is 3.51. The van der Waals surface area contributed by atoms with Gasteiger partial charge in [-0.05, 0) is 116 Å². The summed E-state index contributed by atoms with van der Waals surface area (Å²) < 4.78 is 14.1. The van der Waals surface area contributed by atoms with E-state index in [1.807, 2.05) is 27.7 Å². The minimum absolute atomic E-state index is 0.139. The SMILES string of the molecule is CCCCC(C)C(C)(C)OC(=O)c1c(Br)c(Br)c(Br)c(Br)c1C(=O)OC(C)(C)C(C)CCCC. The molecular formula is C26H38Br4O4. The molecule has 8 heteroatoms. The highest BCUT2D eigenvalue weighted by molar-refractivity contribution is 9.15. The van der Waals surface area contributed by atoms with Gasteiger partial charge < -0.3 is 9.47 Å². The maximum atomic E-state index is 13.5. The van der Waals surface area contributed by atoms with Gasteiger partial charge in [-0.1, -0.05) is 53.4 Å². The van der Waals surface area contributed by atoms with Crippen LogP contribution in [-0.4, -0.2) is 23.1 Å². The van der Waals surface area contributed by atoms with Gasteiger partial charge in [-0.25, -0.2) is 9.59 Å². The average Bonchev–Trinajstić information content (AvgIpc) is 2.75. The summed E-state index contributed by atoms with van der Waals surface area (Å²) in [5.41, 5.74) is -1.13. The molecule has 0 aliphatic heterocycles. The molecule has 34 heavy (non-hydrogen) atoms. The summed E-state index contributed by atoms with van der Waals surface area (Å²) in [6.45, 7) is 16.1. The van der Waals surface area contributed by atoms with Gasteiger partial charge in [0.1, 0.15) is 11.2 Å². The van der Waals surface area contributed by atoms with Gasteiger partial charge in [-0.15, -0.1) is 0 Å². The van der Waals surface area contributed by atoms with Crippen molar-refractivity contribution in [2.75, 3.05) is 0 Å². The van der Waals surface area contributed by atoms with Gasteiger partial charge in [-0.2, -0.15) is 0 Å². The van der Waals surface area contributed by atoms with Gasteiger partial charge in [0, 0.05) is 17.9 Å². The van der Waals surface area contributed by atoms with E-state index < -0.39 is 23.1 Å². The molecule has 0 spiro atoms. The van der Waals surface area contributed by atoms with Gasteiger partial charge in [-0.3, -0.25) is 0 Å². The molecule has 1 aromatic carbocycles. The maximum absolute atomic E-state index is 13.5. The van der Waals surface area contributed by atoms with Crippen LogP contribution in [0.4, 0.5) is 0 Å². The van der Waals surface area contributed by atoms with Gasteiger partial charge in [0.2, 0.25) is 0 Å². The van der Waals surface area contributed by atoms with E-state index in [1.54, 1.807) is 0 Å². The number of unbranched alkanes of at least 4 members (excludes halogenated alkanes) is 2. The Kier molecular flexibility index (Phi) is 12.8. The van der Waals surface area contributed by atoms with Crippen LogP contribution in [-0.2, 0) is 9.47 Å². The molecule has 1 aromatic rings. The second-order valence-electron chi connectivity index (χ2n) is 10.1. The van der Waals surface area contributed by atoms with Crippen LogP contribution in [0.25, 0.3) is 0 Å². The van der Waals surface area contributed by atoms with Crippen LogP contribution in [0.15, 0.2) is 17.9 Å². The molecule has 1 rings (SSSR count). The Morgan fingerprint density at radius 3 is 1.24 bits per heavy atom. The first kappa shape index (κ1) is 32.1. The highest BCUT2D eigenvalue weighted by Gasteiger charge is 2.37. The molecule has 0 radical (unpaired) electrons. The third kappa shape index (κ3) is 8.04. The van der Waals surface area contributed by atoms with Crippen molar-refractivity contribution in [1.82, 2.24) is 0 Å². The Morgan fingerprint density at radius 2 is 0.971 bits per heavy atom. The van der Waals surface area contributed by atoms with Crippen molar-refractivity contribution in [2.24, 2.45) is 11.8 Å². The smallest absolute Gasteiger partial charge is 0.340 e. The van der Waals surface area contributed by atoms with E-state index in [1.165, 1.54) is 0 Å². The van der Waals surface area contributed by atoms with E-state index in [-0.39, 0.29) is 23.0 Å². The summed E-state index contributed by atoms with van der Waals surface area (Å²) in [7, 11) is 0. The van der Waals surface area contributed by atoms with Crippen LogP contribution >= 0.6 is 63.7 Å². The Labute approximate surface area is 239 Å². The highest BCUT2D eigenvalue weighted by atomic mass is 79.9. The third-order valence-corrected chi connectivity index (χ3v) is 11.5. The zero-order valence-electron chi connectivity index (χ0n) is 21.5. The number of hydrogen-bond acceptors (Lipinski definition) is 4. The lowest BCUT2D eigenvalue weighted by molar-refractivity contribution is -0.0324. The highest BCUT2D eigenvalue weighted by Crippen LogP contribution is 2.44. The first-order valence-corrected chi connectivity index (χ1v) is 15.1. The normalized spacial score (nSPS) is 14.0. The fraction of sp³-hybridized carbons (Fsp3) is 0.692. The van der Waals surface area contributed by atoms with E-state index >= 15 is 0 Å². The number of ether oxygens (including phenoxy) is 2. The standard InChI is InChI=1S/C26H38Br4O4/c1-9-11-13-15(3)25(5,6)33-23(31)17-18(20(28)22(30)21(29)19(17)27)24(32)34-26(7,8)16(4)14-12-10-2/h15-16H,9-14H2,1-8H3. The zero-order valence-corrected chi connectivity index (χ0v) is 27.9. The van der Waals surface area contributed by atoms with Gasteiger partial charge in [0.25, 0.3) is 0 Å². The van der Waals surface area contributed by atoms with Gasteiger partial charge >= 0.3 is 11.9 Å². The van der Waals surface area contributed by atoms with Crippen molar-refractivity contribution in [2.45, 2.75) is 105 Å². The van der Waals surface area contributed by atoms with E-state index in [9.17, 15) is 9.59 Å². The summed E-state index contributed by atoms with van der Waals surface area (Å²) >= 11 is 14.0. The molecule has 0 fully saturated rings. The van der Waals surface area contributed by atoms with Crippen LogP contribution in [0.2, 0.25) is 0 Å². The molecule has 194 valence electrons. The van der Waals surface area contributed by atoms with Crippen molar-refractivity contribution in [3.8, 4) is 0 Å². The maximum Gasteiger partial charge on any atom is 0.340 e. The number of benzene rings is 1. The molecule has 0 amide bonds. The molecule has 0 bridgehead atoms. The molecule has 2 unspecified atom stereocenters.